The molecule has 0 unspecified atom stereocenters. The Morgan fingerprint density at radius 1 is 1.03 bits per heavy atom. The monoisotopic (exact) mass is 390 g/mol. The van der Waals surface area contributed by atoms with Gasteiger partial charge in [-0.3, -0.25) is 0 Å². The smallest absolute Gasteiger partial charge is 0.292 e. The molecular formula is C21H18N4O4. The Morgan fingerprint density at radius 3 is 2.72 bits per heavy atom. The van der Waals surface area contributed by atoms with Gasteiger partial charge in [0, 0.05) is 41.2 Å². The van der Waals surface area contributed by atoms with Crippen LogP contribution in [0.3, 0.4) is 0 Å². The molecule has 8 heteroatoms. The van der Waals surface area contributed by atoms with Crippen molar-refractivity contribution < 1.29 is 18.9 Å². The molecule has 2 aromatic heterocycles. The molecule has 29 heavy (non-hydrogen) atoms. The van der Waals surface area contributed by atoms with Crippen LogP contribution in [-0.4, -0.2) is 42.4 Å². The largest absolute Gasteiger partial charge is 0.493 e. The maximum atomic E-state index is 8.80. The van der Waals surface area contributed by atoms with Crippen LogP contribution in [0.1, 0.15) is 0 Å². The Hall–Kier alpha value is -3.83. The van der Waals surface area contributed by atoms with Crippen LogP contribution in [0.5, 0.6) is 17.2 Å². The van der Waals surface area contributed by atoms with Gasteiger partial charge in [0.1, 0.15) is 18.7 Å². The molecule has 8 nitrogen and oxygen atoms in total. The van der Waals surface area contributed by atoms with Crippen molar-refractivity contribution in [3.8, 4) is 34.8 Å². The van der Waals surface area contributed by atoms with Crippen LogP contribution >= 0.6 is 0 Å². The van der Waals surface area contributed by atoms with Crippen molar-refractivity contribution in [3.05, 3.63) is 42.9 Å². The summed E-state index contributed by atoms with van der Waals surface area (Å²) in [6.07, 6.45) is 5.08. The number of aromatic amines is 1. The number of hydrogen-bond acceptors (Lipinski definition) is 7. The van der Waals surface area contributed by atoms with Gasteiger partial charge in [-0.1, -0.05) is 0 Å². The molecule has 0 saturated carbocycles. The molecule has 1 N–H and O–H groups in total. The molecule has 0 saturated heterocycles. The number of hydrogen-bond donors (Lipinski definition) is 1. The maximum Gasteiger partial charge on any atom is 0.292 e. The van der Waals surface area contributed by atoms with E-state index in [2.05, 4.69) is 15.0 Å². The Kier molecular flexibility index (Phi) is 5.14. The van der Waals surface area contributed by atoms with E-state index in [1.807, 2.05) is 24.4 Å². The number of aromatic nitrogens is 3. The topological polar surface area (TPSA) is 102 Å². The van der Waals surface area contributed by atoms with Gasteiger partial charge < -0.3 is 23.9 Å². The number of H-pyrrole nitrogens is 1. The minimum Gasteiger partial charge on any atom is -0.493 e. The molecule has 0 amide bonds. The molecule has 4 rings (SSSR count). The standard InChI is InChI=1S/C21H18N4O4/c1-26-5-6-28-20-9-18-15(8-19(20)27-2)21(25-12-24-18)16-10-23-17-4-3-13(29-11-22)7-14(16)17/h3-4,7-10,12,23H,5-6H2,1-2H3. The van der Waals surface area contributed by atoms with Crippen LogP contribution in [0.4, 0.5) is 0 Å². The molecule has 2 aromatic carbocycles. The van der Waals surface area contributed by atoms with Crippen molar-refractivity contribution in [3.63, 3.8) is 0 Å². The summed E-state index contributed by atoms with van der Waals surface area (Å²) in [6.45, 7) is 0.874. The average molecular weight is 390 g/mol. The quantitative estimate of drug-likeness (QED) is 0.379. The van der Waals surface area contributed by atoms with Crippen molar-refractivity contribution in [1.82, 2.24) is 15.0 Å². The predicted molar refractivity (Wildman–Crippen MR) is 107 cm³/mol. The summed E-state index contributed by atoms with van der Waals surface area (Å²) in [5.74, 6) is 1.63. The van der Waals surface area contributed by atoms with Crippen LogP contribution in [-0.2, 0) is 4.74 Å². The van der Waals surface area contributed by atoms with E-state index in [-0.39, 0.29) is 0 Å². The molecule has 0 bridgehead atoms. The van der Waals surface area contributed by atoms with E-state index < -0.39 is 0 Å². The second-order valence-corrected chi connectivity index (χ2v) is 6.19. The van der Waals surface area contributed by atoms with Gasteiger partial charge in [0.05, 0.1) is 24.9 Å². The van der Waals surface area contributed by atoms with Gasteiger partial charge in [-0.05, 0) is 24.3 Å². The number of fused-ring (bicyclic) bond motifs is 2. The molecule has 0 spiro atoms. The first-order valence-electron chi connectivity index (χ1n) is 8.87. The average Bonchev–Trinajstić information content (AvgIpc) is 3.16. The van der Waals surface area contributed by atoms with Crippen molar-refractivity contribution in [2.24, 2.45) is 0 Å². The second-order valence-electron chi connectivity index (χ2n) is 6.19. The van der Waals surface area contributed by atoms with E-state index in [1.165, 1.54) is 6.33 Å². The highest BCUT2D eigenvalue weighted by Crippen LogP contribution is 2.38. The molecule has 0 radical (unpaired) electrons. The molecule has 0 aliphatic heterocycles. The van der Waals surface area contributed by atoms with Gasteiger partial charge in [0.2, 0.25) is 0 Å². The lowest BCUT2D eigenvalue weighted by atomic mass is 10.0. The fraction of sp³-hybridized carbons (Fsp3) is 0.190. The number of benzene rings is 2. The number of rotatable bonds is 7. The van der Waals surface area contributed by atoms with Crippen LogP contribution in [0, 0.1) is 11.5 Å². The number of nitriles is 1. The van der Waals surface area contributed by atoms with Gasteiger partial charge >= 0.3 is 0 Å². The van der Waals surface area contributed by atoms with Crippen molar-refractivity contribution in [2.75, 3.05) is 27.4 Å². The zero-order valence-electron chi connectivity index (χ0n) is 15.9. The van der Waals surface area contributed by atoms with E-state index >= 15 is 0 Å². The fourth-order valence-corrected chi connectivity index (χ4v) is 3.20. The van der Waals surface area contributed by atoms with Crippen LogP contribution in [0.25, 0.3) is 33.1 Å². The summed E-state index contributed by atoms with van der Waals surface area (Å²) in [4.78, 5) is 12.1. The summed E-state index contributed by atoms with van der Waals surface area (Å²) in [6, 6.07) is 9.08. The van der Waals surface area contributed by atoms with E-state index in [1.54, 1.807) is 32.6 Å². The molecule has 0 atom stereocenters. The predicted octanol–water partition coefficient (Wildman–Crippen LogP) is 3.67. The van der Waals surface area contributed by atoms with E-state index in [9.17, 15) is 0 Å². The number of methoxy groups -OCH3 is 2. The number of ether oxygens (including phenoxy) is 4. The molecular weight excluding hydrogens is 372 g/mol. The van der Waals surface area contributed by atoms with Crippen LogP contribution in [0.15, 0.2) is 42.9 Å². The van der Waals surface area contributed by atoms with Gasteiger partial charge in [0.25, 0.3) is 6.26 Å². The molecule has 0 fully saturated rings. The summed E-state index contributed by atoms with van der Waals surface area (Å²) < 4.78 is 21.3. The van der Waals surface area contributed by atoms with Crippen molar-refractivity contribution >= 4 is 21.8 Å². The molecule has 2 heterocycles. The summed E-state index contributed by atoms with van der Waals surface area (Å²) >= 11 is 0. The third-order valence-electron chi connectivity index (χ3n) is 4.54. The van der Waals surface area contributed by atoms with Crippen LogP contribution in [0.2, 0.25) is 0 Å². The first-order valence-corrected chi connectivity index (χ1v) is 8.87. The minimum atomic E-state index is 0.403. The first kappa shape index (κ1) is 18.5. The Bertz CT molecular complexity index is 1210. The summed E-state index contributed by atoms with van der Waals surface area (Å²) in [5.41, 5.74) is 3.23. The summed E-state index contributed by atoms with van der Waals surface area (Å²) in [7, 11) is 3.21. The Labute approximate surface area is 166 Å². The van der Waals surface area contributed by atoms with E-state index in [0.717, 1.165) is 33.1 Å². The first-order chi connectivity index (χ1) is 14.2. The third-order valence-corrected chi connectivity index (χ3v) is 4.54. The van der Waals surface area contributed by atoms with E-state index in [0.29, 0.717) is 30.5 Å². The van der Waals surface area contributed by atoms with Gasteiger partial charge in [-0.15, -0.1) is 5.26 Å². The molecule has 146 valence electrons. The molecule has 0 aliphatic carbocycles. The lowest BCUT2D eigenvalue weighted by Crippen LogP contribution is -2.05. The van der Waals surface area contributed by atoms with Gasteiger partial charge in [-0.2, -0.15) is 0 Å². The number of nitrogens with zero attached hydrogens (tertiary/aromatic N) is 3. The van der Waals surface area contributed by atoms with Crippen molar-refractivity contribution in [2.45, 2.75) is 0 Å². The highest BCUT2D eigenvalue weighted by Gasteiger charge is 2.16. The number of nitrogens with one attached hydrogen (secondary N) is 1. The Balaban J connectivity index is 1.85. The normalized spacial score (nSPS) is 10.8. The lowest BCUT2D eigenvalue weighted by molar-refractivity contribution is 0.144. The zero-order chi connectivity index (χ0) is 20.2. The highest BCUT2D eigenvalue weighted by atomic mass is 16.5. The molecule has 0 aliphatic rings. The van der Waals surface area contributed by atoms with Gasteiger partial charge in [-0.25, -0.2) is 9.97 Å². The molecule has 4 aromatic rings. The fourth-order valence-electron chi connectivity index (χ4n) is 3.20. The zero-order valence-corrected chi connectivity index (χ0v) is 15.9. The van der Waals surface area contributed by atoms with Gasteiger partial charge in [0.15, 0.2) is 11.5 Å². The van der Waals surface area contributed by atoms with Crippen LogP contribution < -0.4 is 14.2 Å². The minimum absolute atomic E-state index is 0.403. The van der Waals surface area contributed by atoms with Crippen molar-refractivity contribution in [1.29, 1.82) is 5.26 Å². The summed E-state index contributed by atoms with van der Waals surface area (Å²) in [5, 5.41) is 10.5. The Morgan fingerprint density at radius 2 is 1.93 bits per heavy atom. The second kappa shape index (κ2) is 8.04. The highest BCUT2D eigenvalue weighted by molar-refractivity contribution is 6.03. The third kappa shape index (κ3) is 3.51. The lowest BCUT2D eigenvalue weighted by Gasteiger charge is -2.13. The van der Waals surface area contributed by atoms with E-state index in [4.69, 9.17) is 24.2 Å². The SMILES string of the molecule is COCCOc1cc2ncnc(-c3c[nH]c4ccc(OC#N)cc34)c2cc1OC. The maximum absolute atomic E-state index is 8.80.